The molecule has 0 aliphatic carbocycles. The summed E-state index contributed by atoms with van der Waals surface area (Å²) in [4.78, 5) is 8.19. The van der Waals surface area contributed by atoms with Gasteiger partial charge in [-0.05, 0) is 30.3 Å². The minimum absolute atomic E-state index is 0.272. The fraction of sp³-hybridized carbons (Fsp3) is 0. The molecule has 0 atom stereocenters. The van der Waals surface area contributed by atoms with E-state index in [-0.39, 0.29) is 5.82 Å². The van der Waals surface area contributed by atoms with Crippen molar-refractivity contribution in [1.29, 1.82) is 0 Å². The Labute approximate surface area is 109 Å². The van der Waals surface area contributed by atoms with Gasteiger partial charge in [-0.1, -0.05) is 0 Å². The zero-order valence-electron chi connectivity index (χ0n) is 9.99. The number of nitrogens with zero attached hydrogens (tertiary/aromatic N) is 3. The minimum Gasteiger partial charge on any atom is -0.398 e. The van der Waals surface area contributed by atoms with Gasteiger partial charge in [0.1, 0.15) is 5.82 Å². The lowest BCUT2D eigenvalue weighted by molar-refractivity contribution is 0.627. The monoisotopic (exact) mass is 254 g/mol. The molecule has 94 valence electrons. The number of nitrogen functional groups attached to an aromatic ring is 1. The number of hydrogen-bond donors (Lipinski definition) is 1. The predicted octanol–water partition coefficient (Wildman–Crippen LogP) is 2.66. The van der Waals surface area contributed by atoms with Gasteiger partial charge in [-0.2, -0.15) is 0 Å². The fourth-order valence-electron chi connectivity index (χ4n) is 1.92. The molecule has 0 bridgehead atoms. The lowest BCUT2D eigenvalue weighted by atomic mass is 10.2. The van der Waals surface area contributed by atoms with Crippen LogP contribution in [-0.2, 0) is 0 Å². The van der Waals surface area contributed by atoms with E-state index < -0.39 is 0 Å². The highest BCUT2D eigenvalue weighted by molar-refractivity contribution is 5.73. The Morgan fingerprint density at radius 1 is 1.00 bits per heavy atom. The Balaban J connectivity index is 2.13. The fourth-order valence-corrected chi connectivity index (χ4v) is 1.92. The second-order valence-electron chi connectivity index (χ2n) is 4.09. The van der Waals surface area contributed by atoms with E-state index in [1.54, 1.807) is 43.1 Å². The van der Waals surface area contributed by atoms with Crippen molar-refractivity contribution >= 4 is 5.69 Å². The third kappa shape index (κ3) is 2.06. The van der Waals surface area contributed by atoms with Crippen LogP contribution in [0.4, 0.5) is 10.1 Å². The van der Waals surface area contributed by atoms with Gasteiger partial charge in [-0.3, -0.25) is 9.55 Å². The van der Waals surface area contributed by atoms with Gasteiger partial charge in [0.25, 0.3) is 0 Å². The van der Waals surface area contributed by atoms with Gasteiger partial charge in [0, 0.05) is 29.3 Å². The van der Waals surface area contributed by atoms with Gasteiger partial charge < -0.3 is 5.73 Å². The normalized spacial score (nSPS) is 10.6. The van der Waals surface area contributed by atoms with E-state index >= 15 is 0 Å². The molecule has 4 nitrogen and oxygen atoms in total. The molecule has 0 radical (unpaired) electrons. The van der Waals surface area contributed by atoms with Crippen LogP contribution in [-0.4, -0.2) is 14.5 Å². The molecule has 1 aromatic carbocycles. The van der Waals surface area contributed by atoms with E-state index in [0.29, 0.717) is 5.69 Å². The van der Waals surface area contributed by atoms with Crippen LogP contribution in [0.25, 0.3) is 16.9 Å². The second kappa shape index (κ2) is 4.53. The first kappa shape index (κ1) is 11.4. The van der Waals surface area contributed by atoms with Crippen LogP contribution in [0.1, 0.15) is 0 Å². The average Bonchev–Trinajstić information content (AvgIpc) is 2.89. The number of rotatable bonds is 2. The zero-order valence-corrected chi connectivity index (χ0v) is 9.99. The SMILES string of the molecule is Nc1ccncc1-c1cncn1-c1ccc(F)cc1. The van der Waals surface area contributed by atoms with Gasteiger partial charge in [0.05, 0.1) is 18.2 Å². The molecular weight excluding hydrogens is 243 g/mol. The molecular formula is C14H11FN4. The van der Waals surface area contributed by atoms with Crippen LogP contribution in [0.15, 0.2) is 55.2 Å². The summed E-state index contributed by atoms with van der Waals surface area (Å²) in [5.41, 5.74) is 9.00. The lowest BCUT2D eigenvalue weighted by Gasteiger charge is -2.09. The maximum atomic E-state index is 13.0. The van der Waals surface area contributed by atoms with E-state index in [1.807, 2.05) is 4.57 Å². The summed E-state index contributed by atoms with van der Waals surface area (Å²) in [5, 5.41) is 0. The molecule has 0 aliphatic rings. The molecule has 0 amide bonds. The Morgan fingerprint density at radius 2 is 1.79 bits per heavy atom. The zero-order chi connectivity index (χ0) is 13.2. The quantitative estimate of drug-likeness (QED) is 0.764. The number of hydrogen-bond acceptors (Lipinski definition) is 3. The van der Waals surface area contributed by atoms with E-state index in [1.165, 1.54) is 12.1 Å². The molecule has 2 N–H and O–H groups in total. The smallest absolute Gasteiger partial charge is 0.123 e. The second-order valence-corrected chi connectivity index (χ2v) is 4.09. The molecule has 19 heavy (non-hydrogen) atoms. The van der Waals surface area contributed by atoms with Crippen LogP contribution in [0.3, 0.4) is 0 Å². The number of halogens is 1. The maximum Gasteiger partial charge on any atom is 0.123 e. The molecule has 2 aromatic heterocycles. The molecule has 3 rings (SSSR count). The predicted molar refractivity (Wildman–Crippen MR) is 71.2 cm³/mol. The summed E-state index contributed by atoms with van der Waals surface area (Å²) in [6.45, 7) is 0. The van der Waals surface area contributed by atoms with E-state index in [4.69, 9.17) is 5.73 Å². The number of nitrogens with two attached hydrogens (primary N) is 1. The molecule has 5 heteroatoms. The van der Waals surface area contributed by atoms with Crippen molar-refractivity contribution < 1.29 is 4.39 Å². The number of anilines is 1. The van der Waals surface area contributed by atoms with Crippen molar-refractivity contribution in [2.75, 3.05) is 5.73 Å². The van der Waals surface area contributed by atoms with Crippen molar-refractivity contribution in [2.24, 2.45) is 0 Å². The summed E-state index contributed by atoms with van der Waals surface area (Å²) < 4.78 is 14.8. The molecule has 0 saturated carbocycles. The van der Waals surface area contributed by atoms with Crippen molar-refractivity contribution in [3.63, 3.8) is 0 Å². The average molecular weight is 254 g/mol. The van der Waals surface area contributed by atoms with E-state index in [0.717, 1.165) is 16.9 Å². The maximum absolute atomic E-state index is 13.0. The van der Waals surface area contributed by atoms with Gasteiger partial charge in [-0.25, -0.2) is 9.37 Å². The summed E-state index contributed by atoms with van der Waals surface area (Å²) in [6.07, 6.45) is 6.69. The van der Waals surface area contributed by atoms with Crippen molar-refractivity contribution in [2.45, 2.75) is 0 Å². The third-order valence-electron chi connectivity index (χ3n) is 2.87. The first-order valence-electron chi connectivity index (χ1n) is 5.74. The van der Waals surface area contributed by atoms with Gasteiger partial charge >= 0.3 is 0 Å². The molecule has 0 saturated heterocycles. The Hall–Kier alpha value is -2.69. The Morgan fingerprint density at radius 3 is 2.53 bits per heavy atom. The molecule has 0 spiro atoms. The summed E-state index contributed by atoms with van der Waals surface area (Å²) in [5.74, 6) is -0.272. The summed E-state index contributed by atoms with van der Waals surface area (Å²) >= 11 is 0. The van der Waals surface area contributed by atoms with Crippen molar-refractivity contribution in [3.8, 4) is 16.9 Å². The van der Waals surface area contributed by atoms with Crippen LogP contribution in [0.5, 0.6) is 0 Å². The number of aromatic nitrogens is 3. The first-order chi connectivity index (χ1) is 9.25. The molecule has 0 unspecified atom stereocenters. The standard InChI is InChI=1S/C14H11FN4/c15-10-1-3-11(4-2-10)19-9-18-8-14(19)12-7-17-6-5-13(12)16/h1-9H,(H2,16,17). The van der Waals surface area contributed by atoms with E-state index in [2.05, 4.69) is 9.97 Å². The highest BCUT2D eigenvalue weighted by atomic mass is 19.1. The highest BCUT2D eigenvalue weighted by Gasteiger charge is 2.09. The van der Waals surface area contributed by atoms with E-state index in [9.17, 15) is 4.39 Å². The lowest BCUT2D eigenvalue weighted by Crippen LogP contribution is -1.98. The summed E-state index contributed by atoms with van der Waals surface area (Å²) in [7, 11) is 0. The topological polar surface area (TPSA) is 56.7 Å². The third-order valence-corrected chi connectivity index (χ3v) is 2.87. The number of pyridine rings is 1. The van der Waals surface area contributed by atoms with Crippen LogP contribution in [0.2, 0.25) is 0 Å². The summed E-state index contributed by atoms with van der Waals surface area (Å²) in [6, 6.07) is 7.93. The van der Waals surface area contributed by atoms with Gasteiger partial charge in [0.15, 0.2) is 0 Å². The van der Waals surface area contributed by atoms with Crippen LogP contribution in [0, 0.1) is 5.82 Å². The number of benzene rings is 1. The minimum atomic E-state index is -0.272. The van der Waals surface area contributed by atoms with Crippen LogP contribution >= 0.6 is 0 Å². The molecule has 0 aliphatic heterocycles. The highest BCUT2D eigenvalue weighted by Crippen LogP contribution is 2.26. The Kier molecular flexibility index (Phi) is 2.72. The number of imidazole rings is 1. The van der Waals surface area contributed by atoms with Crippen molar-refractivity contribution in [3.05, 3.63) is 61.1 Å². The molecule has 0 fully saturated rings. The molecule has 3 aromatic rings. The largest absolute Gasteiger partial charge is 0.398 e. The van der Waals surface area contributed by atoms with Gasteiger partial charge in [-0.15, -0.1) is 0 Å². The van der Waals surface area contributed by atoms with Crippen molar-refractivity contribution in [1.82, 2.24) is 14.5 Å². The van der Waals surface area contributed by atoms with Gasteiger partial charge in [0.2, 0.25) is 0 Å². The Bertz CT molecular complexity index is 703. The molecule has 2 heterocycles. The van der Waals surface area contributed by atoms with Crippen LogP contribution < -0.4 is 5.73 Å². The first-order valence-corrected chi connectivity index (χ1v) is 5.74.